The molecule has 0 spiro atoms. The van der Waals surface area contributed by atoms with Crippen LogP contribution in [0.3, 0.4) is 0 Å². The molecule has 0 fully saturated rings. The van der Waals surface area contributed by atoms with Crippen molar-refractivity contribution in [2.45, 2.75) is 12.2 Å². The molecule has 8 nitrogen and oxygen atoms in total. The van der Waals surface area contributed by atoms with Crippen molar-refractivity contribution in [3.8, 4) is 23.0 Å². The Bertz CT molecular complexity index is 1020. The highest BCUT2D eigenvalue weighted by Gasteiger charge is 2.15. The van der Waals surface area contributed by atoms with Gasteiger partial charge in [0.15, 0.2) is 9.84 Å². The lowest BCUT2D eigenvalue weighted by Gasteiger charge is -2.12. The Kier molecular flexibility index (Phi) is 7.71. The zero-order valence-electron chi connectivity index (χ0n) is 17.3. The largest absolute Gasteiger partial charge is 0.496 e. The molecular weight excluding hydrogens is 410 g/mol. The molecule has 0 aromatic heterocycles. The van der Waals surface area contributed by atoms with E-state index in [9.17, 15) is 13.2 Å². The number of benzene rings is 2. The Balaban J connectivity index is 2.34. The van der Waals surface area contributed by atoms with Crippen LogP contribution in [0.15, 0.2) is 35.7 Å². The van der Waals surface area contributed by atoms with Crippen molar-refractivity contribution in [3.63, 3.8) is 0 Å². The molecule has 0 aliphatic rings. The fourth-order valence-electron chi connectivity index (χ4n) is 2.90. The fourth-order valence-corrected chi connectivity index (χ4v) is 3.98. The number of primary amides is 1. The summed E-state index contributed by atoms with van der Waals surface area (Å²) in [6.45, 7) is 0. The van der Waals surface area contributed by atoms with Gasteiger partial charge in [-0.05, 0) is 17.7 Å². The van der Waals surface area contributed by atoms with Crippen molar-refractivity contribution in [3.05, 3.63) is 52.4 Å². The second kappa shape index (κ2) is 10.0. The van der Waals surface area contributed by atoms with E-state index in [0.29, 0.717) is 39.7 Å². The summed E-state index contributed by atoms with van der Waals surface area (Å²) >= 11 is 0. The van der Waals surface area contributed by atoms with Crippen LogP contribution in [0.25, 0.3) is 6.08 Å². The van der Waals surface area contributed by atoms with Gasteiger partial charge in [-0.2, -0.15) is 0 Å². The number of carbonyl (C=O) groups is 1. The first-order valence-electron chi connectivity index (χ1n) is 8.88. The van der Waals surface area contributed by atoms with E-state index in [1.807, 2.05) is 0 Å². The van der Waals surface area contributed by atoms with E-state index < -0.39 is 15.7 Å². The molecule has 0 saturated carbocycles. The Labute approximate surface area is 176 Å². The zero-order valence-corrected chi connectivity index (χ0v) is 18.1. The molecule has 2 rings (SSSR count). The quantitative estimate of drug-likeness (QED) is 0.609. The maximum absolute atomic E-state index is 12.7. The number of ether oxygens (including phenoxy) is 4. The molecule has 2 N–H and O–H groups in total. The molecule has 162 valence electrons. The van der Waals surface area contributed by atoms with Gasteiger partial charge in [0.05, 0.1) is 46.2 Å². The Morgan fingerprint density at radius 3 is 2.03 bits per heavy atom. The minimum absolute atomic E-state index is 0.0485. The fraction of sp³-hybridized carbons (Fsp3) is 0.286. The first-order valence-corrected chi connectivity index (χ1v) is 10.6. The smallest absolute Gasteiger partial charge is 0.221 e. The van der Waals surface area contributed by atoms with Crippen molar-refractivity contribution in [2.75, 3.05) is 28.4 Å². The predicted molar refractivity (Wildman–Crippen MR) is 114 cm³/mol. The second-order valence-electron chi connectivity index (χ2n) is 6.34. The predicted octanol–water partition coefficient (Wildman–Crippen LogP) is 2.33. The van der Waals surface area contributed by atoms with Crippen LogP contribution in [0.1, 0.15) is 16.7 Å². The molecule has 0 aliphatic carbocycles. The summed E-state index contributed by atoms with van der Waals surface area (Å²) in [7, 11) is 2.27. The normalized spacial score (nSPS) is 11.3. The van der Waals surface area contributed by atoms with Crippen molar-refractivity contribution in [2.24, 2.45) is 5.73 Å². The van der Waals surface area contributed by atoms with E-state index in [2.05, 4.69) is 0 Å². The minimum atomic E-state index is -3.64. The maximum Gasteiger partial charge on any atom is 0.221 e. The van der Waals surface area contributed by atoms with Crippen molar-refractivity contribution in [1.82, 2.24) is 0 Å². The standard InChI is InChI=1S/C21H25NO7S/c1-26-16-11-19(28-3)17(20(12-16)29-4)7-8-30(24,25)13-14-5-6-18(27-2)15(9-14)10-21(22)23/h5-9,11-12H,10,13H2,1-4H3,(H2,22,23). The van der Waals surface area contributed by atoms with E-state index in [1.54, 1.807) is 30.3 Å². The topological polar surface area (TPSA) is 114 Å². The molecule has 1 amide bonds. The Hall–Kier alpha value is -3.20. The molecule has 0 radical (unpaired) electrons. The third kappa shape index (κ3) is 5.90. The molecule has 0 unspecified atom stereocenters. The van der Waals surface area contributed by atoms with Crippen LogP contribution in [0, 0.1) is 0 Å². The third-order valence-electron chi connectivity index (χ3n) is 4.27. The van der Waals surface area contributed by atoms with Crippen LogP contribution in [-0.4, -0.2) is 42.8 Å². The van der Waals surface area contributed by atoms with Gasteiger partial charge in [-0.1, -0.05) is 12.1 Å². The SMILES string of the molecule is COc1cc(OC)c(C=CS(=O)(=O)Cc2ccc(OC)c(CC(N)=O)c2)c(OC)c1. The van der Waals surface area contributed by atoms with Gasteiger partial charge < -0.3 is 24.7 Å². The molecule has 30 heavy (non-hydrogen) atoms. The number of nitrogens with two attached hydrogens (primary N) is 1. The molecule has 0 atom stereocenters. The number of hydrogen-bond donors (Lipinski definition) is 1. The third-order valence-corrected chi connectivity index (χ3v) is 5.56. The van der Waals surface area contributed by atoms with Crippen LogP contribution in [-0.2, 0) is 26.8 Å². The van der Waals surface area contributed by atoms with Gasteiger partial charge in [0.25, 0.3) is 0 Å². The summed E-state index contributed by atoms with van der Waals surface area (Å²) in [5.74, 6) is 1.01. The maximum atomic E-state index is 12.7. The molecule has 0 bridgehead atoms. The van der Waals surface area contributed by atoms with Gasteiger partial charge in [0.2, 0.25) is 5.91 Å². The monoisotopic (exact) mass is 435 g/mol. The van der Waals surface area contributed by atoms with Crippen molar-refractivity contribution >= 4 is 21.8 Å². The van der Waals surface area contributed by atoms with Crippen LogP contribution in [0.5, 0.6) is 23.0 Å². The number of carbonyl (C=O) groups excluding carboxylic acids is 1. The minimum Gasteiger partial charge on any atom is -0.496 e. The van der Waals surface area contributed by atoms with E-state index >= 15 is 0 Å². The molecular formula is C21H25NO7S. The summed E-state index contributed by atoms with van der Waals surface area (Å²) in [6.07, 6.45) is 1.37. The molecule has 0 heterocycles. The van der Waals surface area contributed by atoms with Crippen molar-refractivity contribution < 1.29 is 32.2 Å². The molecule has 9 heteroatoms. The highest BCUT2D eigenvalue weighted by Crippen LogP contribution is 2.35. The summed E-state index contributed by atoms with van der Waals surface area (Å²) in [5.41, 5.74) is 6.76. The van der Waals surface area contributed by atoms with Gasteiger partial charge in [-0.3, -0.25) is 4.79 Å². The zero-order chi connectivity index (χ0) is 22.3. The van der Waals surface area contributed by atoms with E-state index in [-0.39, 0.29) is 12.2 Å². The Morgan fingerprint density at radius 2 is 1.53 bits per heavy atom. The van der Waals surface area contributed by atoms with Crippen LogP contribution < -0.4 is 24.7 Å². The lowest BCUT2D eigenvalue weighted by atomic mass is 10.1. The van der Waals surface area contributed by atoms with Gasteiger partial charge in [-0.15, -0.1) is 0 Å². The number of hydrogen-bond acceptors (Lipinski definition) is 7. The number of sulfone groups is 1. The van der Waals surface area contributed by atoms with E-state index in [4.69, 9.17) is 24.7 Å². The van der Waals surface area contributed by atoms with Crippen molar-refractivity contribution in [1.29, 1.82) is 0 Å². The summed E-state index contributed by atoms with van der Waals surface area (Å²) in [4.78, 5) is 11.3. The molecule has 2 aromatic carbocycles. The van der Waals surface area contributed by atoms with E-state index in [1.165, 1.54) is 34.5 Å². The van der Waals surface area contributed by atoms with Gasteiger partial charge in [0, 0.05) is 23.1 Å². The molecule has 0 saturated heterocycles. The average molecular weight is 435 g/mol. The lowest BCUT2D eigenvalue weighted by molar-refractivity contribution is -0.117. The highest BCUT2D eigenvalue weighted by atomic mass is 32.2. The first kappa shape index (κ1) is 23.1. The van der Waals surface area contributed by atoms with Crippen LogP contribution in [0.2, 0.25) is 0 Å². The highest BCUT2D eigenvalue weighted by molar-refractivity contribution is 7.93. The Morgan fingerprint density at radius 1 is 0.933 bits per heavy atom. The second-order valence-corrected chi connectivity index (χ2v) is 8.23. The number of methoxy groups -OCH3 is 4. The number of rotatable bonds is 10. The molecule has 0 aliphatic heterocycles. The van der Waals surface area contributed by atoms with Gasteiger partial charge in [-0.25, -0.2) is 8.42 Å². The van der Waals surface area contributed by atoms with E-state index in [0.717, 1.165) is 5.41 Å². The average Bonchev–Trinajstić information content (AvgIpc) is 2.71. The summed E-state index contributed by atoms with van der Waals surface area (Å²) < 4.78 is 46.4. The summed E-state index contributed by atoms with van der Waals surface area (Å²) in [5, 5.41) is 1.10. The number of amides is 1. The van der Waals surface area contributed by atoms with Crippen LogP contribution in [0.4, 0.5) is 0 Å². The first-order chi connectivity index (χ1) is 14.2. The lowest BCUT2D eigenvalue weighted by Crippen LogP contribution is -2.14. The molecule has 2 aromatic rings. The van der Waals surface area contributed by atoms with Crippen LogP contribution >= 0.6 is 0 Å². The van der Waals surface area contributed by atoms with Gasteiger partial charge >= 0.3 is 0 Å². The van der Waals surface area contributed by atoms with Gasteiger partial charge in [0.1, 0.15) is 23.0 Å². The summed E-state index contributed by atoms with van der Waals surface area (Å²) in [6, 6.07) is 8.11.